The van der Waals surface area contributed by atoms with Gasteiger partial charge in [0.05, 0.1) is 28.8 Å². The number of pyridine rings is 2. The minimum atomic E-state index is -1.29. The lowest BCUT2D eigenvalue weighted by molar-refractivity contribution is -0.131. The van der Waals surface area contributed by atoms with Gasteiger partial charge in [-0.2, -0.15) is 5.10 Å². The zero-order chi connectivity index (χ0) is 36.6. The van der Waals surface area contributed by atoms with Gasteiger partial charge in [-0.1, -0.05) is 0 Å². The molecule has 1 aliphatic carbocycles. The first-order valence-electron chi connectivity index (χ1n) is 17.0. The molecule has 3 amide bonds. The summed E-state index contributed by atoms with van der Waals surface area (Å²) in [6.07, 6.45) is 8.70. The van der Waals surface area contributed by atoms with Crippen molar-refractivity contribution < 1.29 is 32.6 Å². The van der Waals surface area contributed by atoms with Crippen LogP contribution in [0.1, 0.15) is 52.5 Å². The van der Waals surface area contributed by atoms with E-state index >= 15 is 4.39 Å². The minimum Gasteiger partial charge on any atom is -0.453 e. The van der Waals surface area contributed by atoms with Crippen LogP contribution in [0.2, 0.25) is 0 Å². The van der Waals surface area contributed by atoms with Gasteiger partial charge in [-0.15, -0.1) is 0 Å². The first-order chi connectivity index (χ1) is 24.9. The van der Waals surface area contributed by atoms with E-state index in [9.17, 15) is 18.8 Å². The molecule has 5 aromatic rings. The van der Waals surface area contributed by atoms with Gasteiger partial charge in [-0.25, -0.2) is 13.6 Å². The Labute approximate surface area is 298 Å². The highest BCUT2D eigenvalue weighted by Crippen LogP contribution is 2.47. The van der Waals surface area contributed by atoms with Gasteiger partial charge in [0.25, 0.3) is 0 Å². The van der Waals surface area contributed by atoms with E-state index in [-0.39, 0.29) is 23.6 Å². The molecule has 2 aliphatic rings. The van der Waals surface area contributed by atoms with Crippen molar-refractivity contribution in [3.05, 3.63) is 91.0 Å². The molecule has 0 radical (unpaired) electrons. The molecule has 1 aliphatic heterocycles. The number of likely N-dealkylation sites (tertiary alicyclic amines) is 1. The Morgan fingerprint density at radius 1 is 0.865 bits per heavy atom. The van der Waals surface area contributed by atoms with E-state index in [0.29, 0.717) is 54.0 Å². The number of benzene rings is 2. The van der Waals surface area contributed by atoms with E-state index in [1.807, 2.05) is 37.7 Å². The van der Waals surface area contributed by atoms with Crippen molar-refractivity contribution in [1.82, 2.24) is 24.6 Å². The Morgan fingerprint density at radius 2 is 1.56 bits per heavy atom. The fourth-order valence-electron chi connectivity index (χ4n) is 6.07. The number of aromatic nitrogens is 4. The second kappa shape index (κ2) is 13.7. The van der Waals surface area contributed by atoms with Gasteiger partial charge in [0, 0.05) is 54.7 Å². The Morgan fingerprint density at radius 3 is 2.23 bits per heavy atom. The highest BCUT2D eigenvalue weighted by Gasteiger charge is 2.56. The second-order valence-electron chi connectivity index (χ2n) is 14.0. The number of amides is 3. The number of nitrogens with zero attached hydrogens (tertiary/aromatic N) is 5. The molecule has 12 nitrogen and oxygen atoms in total. The Hall–Kier alpha value is -5.92. The molecule has 268 valence electrons. The summed E-state index contributed by atoms with van der Waals surface area (Å²) in [7, 11) is 0. The van der Waals surface area contributed by atoms with E-state index in [1.165, 1.54) is 36.4 Å². The number of piperidine rings is 1. The molecule has 14 heteroatoms. The number of hydrogen-bond donors (Lipinski definition) is 2. The quantitative estimate of drug-likeness (QED) is 0.158. The zero-order valence-corrected chi connectivity index (χ0v) is 28.9. The fourth-order valence-corrected chi connectivity index (χ4v) is 6.07. The van der Waals surface area contributed by atoms with Crippen LogP contribution in [0.15, 0.2) is 79.4 Å². The number of ether oxygens (including phenoxy) is 2. The third-order valence-electron chi connectivity index (χ3n) is 9.11. The van der Waals surface area contributed by atoms with E-state index in [1.54, 1.807) is 29.6 Å². The molecule has 2 fully saturated rings. The molecule has 1 saturated carbocycles. The molecule has 3 aromatic heterocycles. The smallest absolute Gasteiger partial charge is 0.410 e. The fraction of sp³-hybridized carbons (Fsp3) is 0.316. The lowest BCUT2D eigenvalue weighted by Gasteiger charge is -2.33. The van der Waals surface area contributed by atoms with E-state index in [4.69, 9.17) is 9.47 Å². The average Bonchev–Trinajstić information content (AvgIpc) is 3.79. The predicted octanol–water partition coefficient (Wildman–Crippen LogP) is 7.49. The number of carbonyl (C=O) groups excluding carboxylic acids is 3. The van der Waals surface area contributed by atoms with Crippen LogP contribution in [-0.2, 0) is 14.3 Å². The summed E-state index contributed by atoms with van der Waals surface area (Å²) in [4.78, 5) is 49.2. The van der Waals surface area contributed by atoms with Crippen LogP contribution in [0.5, 0.6) is 11.5 Å². The van der Waals surface area contributed by atoms with Gasteiger partial charge >= 0.3 is 6.09 Å². The number of halogens is 2. The summed E-state index contributed by atoms with van der Waals surface area (Å²) in [6.45, 7) is 6.71. The maximum atomic E-state index is 15.3. The topological polar surface area (TPSA) is 141 Å². The van der Waals surface area contributed by atoms with Crippen LogP contribution < -0.4 is 15.4 Å². The standard InChI is InChI=1S/C38H37F2N7O5/c1-37(2,3)52-36(50)46-16-11-27(12-17-46)47-22-23(20-43-47)30-19-31-28(21-42-30)32(10-15-41-31)51-33-9-8-26(18-29(33)40)45-35(49)38(13-14-38)34(48)44-25-6-4-24(39)5-7-25/h4-10,15,18-22,27H,11-14,16-17H2,1-3H3,(H,44,48)(H,45,49). The maximum Gasteiger partial charge on any atom is 0.410 e. The summed E-state index contributed by atoms with van der Waals surface area (Å²) in [6, 6.07) is 12.8. The summed E-state index contributed by atoms with van der Waals surface area (Å²) < 4.78 is 41.9. The van der Waals surface area contributed by atoms with Crippen LogP contribution in [0.4, 0.5) is 25.0 Å². The van der Waals surface area contributed by atoms with Crippen molar-refractivity contribution >= 4 is 40.2 Å². The number of anilines is 2. The molecule has 7 rings (SSSR count). The number of rotatable bonds is 8. The largest absolute Gasteiger partial charge is 0.453 e. The van der Waals surface area contributed by atoms with Crippen LogP contribution >= 0.6 is 0 Å². The minimum absolute atomic E-state index is 0.0799. The van der Waals surface area contributed by atoms with Crippen LogP contribution in [0.3, 0.4) is 0 Å². The molecule has 2 aromatic carbocycles. The van der Waals surface area contributed by atoms with Crippen molar-refractivity contribution in [2.24, 2.45) is 5.41 Å². The number of nitrogens with one attached hydrogen (secondary N) is 2. The molecule has 0 spiro atoms. The lowest BCUT2D eigenvalue weighted by atomic mass is 10.0. The highest BCUT2D eigenvalue weighted by molar-refractivity contribution is 6.16. The van der Waals surface area contributed by atoms with Gasteiger partial charge in [-0.05, 0) is 95.0 Å². The first kappa shape index (κ1) is 34.5. The van der Waals surface area contributed by atoms with Crippen molar-refractivity contribution in [1.29, 1.82) is 0 Å². The molecule has 0 unspecified atom stereocenters. The van der Waals surface area contributed by atoms with Crippen molar-refractivity contribution in [2.45, 2.75) is 58.1 Å². The molecule has 52 heavy (non-hydrogen) atoms. The van der Waals surface area contributed by atoms with Crippen molar-refractivity contribution in [3.63, 3.8) is 0 Å². The third kappa shape index (κ3) is 7.41. The number of hydrogen-bond acceptors (Lipinski definition) is 8. The Balaban J connectivity index is 0.988. The summed E-state index contributed by atoms with van der Waals surface area (Å²) >= 11 is 0. The van der Waals surface area contributed by atoms with Gasteiger partial charge in [0.2, 0.25) is 11.8 Å². The van der Waals surface area contributed by atoms with Gasteiger partial charge in [0.1, 0.15) is 22.6 Å². The predicted molar refractivity (Wildman–Crippen MR) is 189 cm³/mol. The third-order valence-corrected chi connectivity index (χ3v) is 9.11. The normalized spacial score (nSPS) is 15.6. The first-order valence-corrected chi connectivity index (χ1v) is 17.0. The zero-order valence-electron chi connectivity index (χ0n) is 28.9. The van der Waals surface area contributed by atoms with Crippen LogP contribution in [-0.4, -0.2) is 61.2 Å². The van der Waals surface area contributed by atoms with E-state index < -0.39 is 34.5 Å². The average molecular weight is 710 g/mol. The van der Waals surface area contributed by atoms with Crippen molar-refractivity contribution in [3.8, 4) is 22.8 Å². The van der Waals surface area contributed by atoms with Crippen molar-refractivity contribution in [2.75, 3.05) is 23.7 Å². The highest BCUT2D eigenvalue weighted by atomic mass is 19.1. The number of carbonyl (C=O) groups is 3. The molecular weight excluding hydrogens is 672 g/mol. The molecular formula is C38H37F2N7O5. The van der Waals surface area contributed by atoms with Crippen LogP contribution in [0.25, 0.3) is 22.2 Å². The molecule has 0 atom stereocenters. The summed E-state index contributed by atoms with van der Waals surface area (Å²) in [5, 5.41) is 10.4. The van der Waals surface area contributed by atoms with E-state index in [2.05, 4.69) is 25.7 Å². The van der Waals surface area contributed by atoms with Gasteiger partial charge in [-0.3, -0.25) is 24.2 Å². The van der Waals surface area contributed by atoms with Crippen LogP contribution in [0, 0.1) is 17.0 Å². The molecule has 2 N–H and O–H groups in total. The Bertz CT molecular complexity index is 2150. The SMILES string of the molecule is CC(C)(C)OC(=O)N1CCC(n2cc(-c3cc4nccc(Oc5ccc(NC(=O)C6(C(=O)Nc7ccc(F)cc7)CC6)cc5F)c4cn3)cn2)CC1. The number of fused-ring (bicyclic) bond motifs is 1. The molecule has 4 heterocycles. The summed E-state index contributed by atoms with van der Waals surface area (Å²) in [5.74, 6) is -1.98. The summed E-state index contributed by atoms with van der Waals surface area (Å²) in [5.41, 5.74) is 0.737. The second-order valence-corrected chi connectivity index (χ2v) is 14.0. The lowest BCUT2D eigenvalue weighted by Crippen LogP contribution is -2.42. The van der Waals surface area contributed by atoms with E-state index in [0.717, 1.165) is 24.5 Å². The Kier molecular flexibility index (Phi) is 9.07. The van der Waals surface area contributed by atoms with Gasteiger partial charge < -0.3 is 25.0 Å². The molecule has 0 bridgehead atoms. The maximum absolute atomic E-state index is 15.3. The monoisotopic (exact) mass is 709 g/mol. The molecule has 1 saturated heterocycles. The van der Waals surface area contributed by atoms with Gasteiger partial charge in [0.15, 0.2) is 11.6 Å².